The number of piperazine rings is 1. The highest BCUT2D eigenvalue weighted by atomic mass is 32.2. The minimum absolute atomic E-state index is 0.00712. The van der Waals surface area contributed by atoms with E-state index < -0.39 is 9.84 Å². The number of aromatic nitrogens is 2. The van der Waals surface area contributed by atoms with Gasteiger partial charge in [0.2, 0.25) is 17.6 Å². The van der Waals surface area contributed by atoms with Gasteiger partial charge >= 0.3 is 0 Å². The van der Waals surface area contributed by atoms with Crippen LogP contribution in [0.4, 0.5) is 0 Å². The summed E-state index contributed by atoms with van der Waals surface area (Å²) >= 11 is 1.59. The molecule has 1 unspecified atom stereocenters. The Hall–Kier alpha value is -1.78. The molecule has 4 heterocycles. The molecule has 2 aliphatic heterocycles. The zero-order valence-electron chi connectivity index (χ0n) is 15.6. The minimum Gasteiger partial charge on any atom is -0.340 e. The largest absolute Gasteiger partial charge is 0.340 e. The molecular formula is C18H24N4O4S2. The number of sulfone groups is 1. The molecule has 0 bridgehead atoms. The van der Waals surface area contributed by atoms with E-state index in [4.69, 9.17) is 4.52 Å². The van der Waals surface area contributed by atoms with Crippen LogP contribution in [0.15, 0.2) is 22.0 Å². The molecule has 2 saturated heterocycles. The second-order valence-corrected chi connectivity index (χ2v) is 10.5. The van der Waals surface area contributed by atoms with E-state index in [1.165, 1.54) is 0 Å². The monoisotopic (exact) mass is 424 g/mol. The molecule has 152 valence electrons. The highest BCUT2D eigenvalue weighted by Crippen LogP contribution is 2.22. The minimum atomic E-state index is -3.02. The number of nitrogens with zero attached hydrogens (tertiary/aromatic N) is 4. The maximum absolute atomic E-state index is 12.5. The molecule has 10 heteroatoms. The molecule has 2 aromatic heterocycles. The van der Waals surface area contributed by atoms with Crippen LogP contribution < -0.4 is 0 Å². The summed E-state index contributed by atoms with van der Waals surface area (Å²) < 4.78 is 28.5. The van der Waals surface area contributed by atoms with Crippen molar-refractivity contribution in [3.63, 3.8) is 0 Å². The third kappa shape index (κ3) is 4.61. The van der Waals surface area contributed by atoms with E-state index in [9.17, 15) is 13.2 Å². The quantitative estimate of drug-likeness (QED) is 0.690. The standard InChI is InChI=1S/C18H24N4O4S2/c23-18(14-5-12-28(24,25)13-14)22-9-7-21(8-10-22)6-1-4-16-19-17(20-26-16)15-3-2-11-27-15/h2-3,11,14H,1,4-10,12-13H2. The first kappa shape index (κ1) is 19.5. The zero-order chi connectivity index (χ0) is 19.6. The van der Waals surface area contributed by atoms with Crippen LogP contribution >= 0.6 is 11.3 Å². The normalized spacial score (nSPS) is 22.6. The highest BCUT2D eigenvalue weighted by Gasteiger charge is 2.36. The van der Waals surface area contributed by atoms with Crippen LogP contribution in [0.3, 0.4) is 0 Å². The lowest BCUT2D eigenvalue weighted by atomic mass is 10.1. The summed E-state index contributed by atoms with van der Waals surface area (Å²) in [6, 6.07) is 3.94. The van der Waals surface area contributed by atoms with Gasteiger partial charge in [0.05, 0.1) is 22.3 Å². The third-order valence-electron chi connectivity index (χ3n) is 5.34. The van der Waals surface area contributed by atoms with Gasteiger partial charge in [-0.1, -0.05) is 11.2 Å². The molecule has 2 aromatic rings. The van der Waals surface area contributed by atoms with Crippen LogP contribution in [-0.2, 0) is 21.1 Å². The molecule has 0 radical (unpaired) electrons. The molecular weight excluding hydrogens is 400 g/mol. The van der Waals surface area contributed by atoms with E-state index >= 15 is 0 Å². The van der Waals surface area contributed by atoms with Gasteiger partial charge in [0, 0.05) is 32.6 Å². The first-order chi connectivity index (χ1) is 13.5. The van der Waals surface area contributed by atoms with Crippen molar-refractivity contribution in [3.05, 3.63) is 23.4 Å². The summed E-state index contributed by atoms with van der Waals surface area (Å²) in [4.78, 5) is 22.1. The topological polar surface area (TPSA) is 96.6 Å². The number of hydrogen-bond acceptors (Lipinski definition) is 8. The Morgan fingerprint density at radius 2 is 2.11 bits per heavy atom. The summed E-state index contributed by atoms with van der Waals surface area (Å²) in [5.74, 6) is 1.13. The van der Waals surface area contributed by atoms with Crippen LogP contribution in [0.25, 0.3) is 10.7 Å². The molecule has 8 nitrogen and oxygen atoms in total. The van der Waals surface area contributed by atoms with Crippen LogP contribution in [0, 0.1) is 5.92 Å². The van der Waals surface area contributed by atoms with Crippen LogP contribution in [-0.4, -0.2) is 78.5 Å². The molecule has 1 amide bonds. The average Bonchev–Trinajstić information content (AvgIpc) is 3.42. The van der Waals surface area contributed by atoms with Crippen molar-refractivity contribution in [3.8, 4) is 10.7 Å². The smallest absolute Gasteiger partial charge is 0.227 e. The van der Waals surface area contributed by atoms with Gasteiger partial charge in [0.1, 0.15) is 0 Å². The SMILES string of the molecule is O=C(C1CCS(=O)(=O)C1)N1CCN(CCCc2nc(-c3cccs3)no2)CC1. The summed E-state index contributed by atoms with van der Waals surface area (Å²) in [6.07, 6.45) is 2.12. The van der Waals surface area contributed by atoms with Gasteiger partial charge in [-0.15, -0.1) is 11.3 Å². The maximum Gasteiger partial charge on any atom is 0.227 e. The Kier molecular flexibility index (Phi) is 5.79. The number of carbonyl (C=O) groups excluding carboxylic acids is 1. The first-order valence-electron chi connectivity index (χ1n) is 9.58. The van der Waals surface area contributed by atoms with Gasteiger partial charge in [0.25, 0.3) is 0 Å². The van der Waals surface area contributed by atoms with Gasteiger partial charge in [-0.3, -0.25) is 9.69 Å². The molecule has 0 aliphatic carbocycles. The van der Waals surface area contributed by atoms with Gasteiger partial charge in [-0.25, -0.2) is 8.42 Å². The number of rotatable bonds is 6. The Morgan fingerprint density at radius 3 is 2.79 bits per heavy atom. The summed E-state index contributed by atoms with van der Waals surface area (Å²) in [5.41, 5.74) is 0. The Labute approximate surface area is 168 Å². The van der Waals surface area contributed by atoms with Crippen molar-refractivity contribution >= 4 is 27.1 Å². The van der Waals surface area contributed by atoms with E-state index in [0.29, 0.717) is 31.2 Å². The molecule has 2 fully saturated rings. The van der Waals surface area contributed by atoms with Gasteiger partial charge in [0.15, 0.2) is 9.84 Å². The maximum atomic E-state index is 12.5. The molecule has 2 aliphatic rings. The van der Waals surface area contributed by atoms with Gasteiger partial charge in [-0.05, 0) is 30.8 Å². The van der Waals surface area contributed by atoms with E-state index in [-0.39, 0.29) is 23.3 Å². The van der Waals surface area contributed by atoms with Crippen molar-refractivity contribution in [2.75, 3.05) is 44.2 Å². The fourth-order valence-corrected chi connectivity index (χ4v) is 6.14. The lowest BCUT2D eigenvalue weighted by Crippen LogP contribution is -2.50. The zero-order valence-corrected chi connectivity index (χ0v) is 17.3. The fourth-order valence-electron chi connectivity index (χ4n) is 3.76. The second-order valence-electron chi connectivity index (χ2n) is 7.36. The summed E-state index contributed by atoms with van der Waals surface area (Å²) in [5, 5.41) is 6.01. The molecule has 4 rings (SSSR count). The lowest BCUT2D eigenvalue weighted by Gasteiger charge is -2.35. The molecule has 1 atom stereocenters. The Morgan fingerprint density at radius 1 is 1.29 bits per heavy atom. The molecule has 0 spiro atoms. The summed E-state index contributed by atoms with van der Waals surface area (Å²) in [7, 11) is -3.02. The first-order valence-corrected chi connectivity index (χ1v) is 12.3. The molecule has 0 saturated carbocycles. The number of thiophene rings is 1. The predicted octanol–water partition coefficient (Wildman–Crippen LogP) is 1.31. The van der Waals surface area contributed by atoms with Crippen molar-refractivity contribution in [2.24, 2.45) is 5.92 Å². The van der Waals surface area contributed by atoms with Crippen molar-refractivity contribution in [1.29, 1.82) is 0 Å². The van der Waals surface area contributed by atoms with Gasteiger partial charge < -0.3 is 9.42 Å². The van der Waals surface area contributed by atoms with Crippen LogP contribution in [0.1, 0.15) is 18.7 Å². The fraction of sp³-hybridized carbons (Fsp3) is 0.611. The number of aryl methyl sites for hydroxylation is 1. The number of hydrogen-bond donors (Lipinski definition) is 0. The van der Waals surface area contributed by atoms with E-state index in [1.807, 2.05) is 22.4 Å². The highest BCUT2D eigenvalue weighted by molar-refractivity contribution is 7.91. The molecule has 28 heavy (non-hydrogen) atoms. The van der Waals surface area contributed by atoms with Crippen LogP contribution in [0.2, 0.25) is 0 Å². The number of amides is 1. The second kappa shape index (κ2) is 8.30. The summed E-state index contributed by atoms with van der Waals surface area (Å²) in [6.45, 7) is 3.87. The predicted molar refractivity (Wildman–Crippen MR) is 106 cm³/mol. The van der Waals surface area contributed by atoms with Crippen LogP contribution in [0.5, 0.6) is 0 Å². The third-order valence-corrected chi connectivity index (χ3v) is 7.97. The van der Waals surface area contributed by atoms with Crippen molar-refractivity contribution in [2.45, 2.75) is 19.3 Å². The average molecular weight is 425 g/mol. The Balaban J connectivity index is 1.18. The van der Waals surface area contributed by atoms with E-state index in [0.717, 1.165) is 37.4 Å². The Bertz CT molecular complexity index is 902. The lowest BCUT2D eigenvalue weighted by molar-refractivity contribution is -0.136. The van der Waals surface area contributed by atoms with Crippen molar-refractivity contribution in [1.82, 2.24) is 19.9 Å². The molecule has 0 N–H and O–H groups in total. The molecule has 0 aromatic carbocycles. The van der Waals surface area contributed by atoms with E-state index in [2.05, 4.69) is 15.0 Å². The van der Waals surface area contributed by atoms with Crippen molar-refractivity contribution < 1.29 is 17.7 Å². The van der Waals surface area contributed by atoms with Gasteiger partial charge in [-0.2, -0.15) is 4.98 Å². The van der Waals surface area contributed by atoms with E-state index in [1.54, 1.807) is 11.3 Å². The number of carbonyl (C=O) groups is 1.